The number of hydrogen-bond donors (Lipinski definition) is 0. The molecule has 1 saturated heterocycles. The number of hydrogen-bond acceptors (Lipinski definition) is 4. The Labute approximate surface area is 137 Å². The molecule has 2 nitrogen and oxygen atoms in total. The number of thioether (sulfide) groups is 1. The van der Waals surface area contributed by atoms with Crippen molar-refractivity contribution < 1.29 is 4.79 Å². The first-order valence-corrected chi connectivity index (χ1v) is 8.56. The summed E-state index contributed by atoms with van der Waals surface area (Å²) in [6, 6.07) is 9.91. The van der Waals surface area contributed by atoms with Crippen LogP contribution in [0.15, 0.2) is 40.6 Å². The molecule has 0 unspecified atom stereocenters. The van der Waals surface area contributed by atoms with E-state index in [1.807, 2.05) is 55.6 Å². The zero-order valence-electron chi connectivity index (χ0n) is 11.6. The van der Waals surface area contributed by atoms with Gasteiger partial charge in [0.05, 0.1) is 10.6 Å². The van der Waals surface area contributed by atoms with Gasteiger partial charge in [0, 0.05) is 4.88 Å². The summed E-state index contributed by atoms with van der Waals surface area (Å²) in [7, 11) is 0. The molecule has 0 bridgehead atoms. The van der Waals surface area contributed by atoms with Crippen molar-refractivity contribution in [3.05, 3.63) is 56.6 Å². The molecule has 2 aromatic rings. The van der Waals surface area contributed by atoms with E-state index in [2.05, 4.69) is 0 Å². The van der Waals surface area contributed by atoms with E-state index >= 15 is 0 Å². The Hall–Kier alpha value is -1.43. The Morgan fingerprint density at radius 2 is 2.00 bits per heavy atom. The minimum absolute atomic E-state index is 0.0351. The number of carbonyl (C=O) groups excluding carboxylic acids is 1. The Kier molecular flexibility index (Phi) is 3.97. The van der Waals surface area contributed by atoms with Crippen LogP contribution in [0.2, 0.25) is 0 Å². The van der Waals surface area contributed by atoms with Crippen LogP contribution in [0.5, 0.6) is 0 Å². The summed E-state index contributed by atoms with van der Waals surface area (Å²) in [5.74, 6) is -0.0351. The van der Waals surface area contributed by atoms with Crippen LogP contribution in [0, 0.1) is 13.8 Å². The molecule has 1 aromatic heterocycles. The van der Waals surface area contributed by atoms with Crippen molar-refractivity contribution in [1.29, 1.82) is 0 Å². The van der Waals surface area contributed by atoms with Gasteiger partial charge in [-0.1, -0.05) is 42.2 Å². The number of nitrogens with zero attached hydrogens (tertiary/aromatic N) is 1. The number of anilines is 1. The molecule has 1 aliphatic heterocycles. The first kappa shape index (κ1) is 14.5. The molecule has 0 atom stereocenters. The monoisotopic (exact) mass is 331 g/mol. The SMILES string of the molecule is Cc1cccc(N2C(=O)/C(=C/c3cccs3)SC2=S)c1C. The number of thiocarbonyl (C=S) groups is 1. The maximum absolute atomic E-state index is 12.7. The molecular formula is C16H13NOS3. The summed E-state index contributed by atoms with van der Waals surface area (Å²) in [5, 5.41) is 2.00. The van der Waals surface area contributed by atoms with Gasteiger partial charge in [-0.2, -0.15) is 0 Å². The average Bonchev–Trinajstić information content (AvgIpc) is 3.04. The van der Waals surface area contributed by atoms with Crippen LogP contribution >= 0.6 is 35.3 Å². The number of benzene rings is 1. The maximum atomic E-state index is 12.7. The fraction of sp³-hybridized carbons (Fsp3) is 0.125. The summed E-state index contributed by atoms with van der Waals surface area (Å²) >= 11 is 8.38. The maximum Gasteiger partial charge on any atom is 0.270 e. The highest BCUT2D eigenvalue weighted by atomic mass is 32.2. The minimum Gasteiger partial charge on any atom is -0.268 e. The molecule has 1 fully saturated rings. The summed E-state index contributed by atoms with van der Waals surface area (Å²) in [4.78, 5) is 16.1. The first-order chi connectivity index (χ1) is 10.1. The van der Waals surface area contributed by atoms with Crippen molar-refractivity contribution in [2.75, 3.05) is 4.90 Å². The summed E-state index contributed by atoms with van der Waals surface area (Å²) in [5.41, 5.74) is 3.13. The molecule has 2 heterocycles. The van der Waals surface area contributed by atoms with Crippen molar-refractivity contribution >= 4 is 57.3 Å². The van der Waals surface area contributed by atoms with Gasteiger partial charge in [-0.15, -0.1) is 11.3 Å². The van der Waals surface area contributed by atoms with Gasteiger partial charge in [-0.3, -0.25) is 9.69 Å². The largest absolute Gasteiger partial charge is 0.270 e. The Balaban J connectivity index is 2.00. The topological polar surface area (TPSA) is 20.3 Å². The molecule has 1 amide bonds. The van der Waals surface area contributed by atoms with Gasteiger partial charge >= 0.3 is 0 Å². The quantitative estimate of drug-likeness (QED) is 0.584. The van der Waals surface area contributed by atoms with E-state index in [0.29, 0.717) is 9.23 Å². The van der Waals surface area contributed by atoms with Crippen LogP contribution < -0.4 is 4.90 Å². The lowest BCUT2D eigenvalue weighted by atomic mass is 10.1. The van der Waals surface area contributed by atoms with Crippen LogP contribution in [0.1, 0.15) is 16.0 Å². The molecule has 106 valence electrons. The van der Waals surface area contributed by atoms with Crippen molar-refractivity contribution in [2.45, 2.75) is 13.8 Å². The van der Waals surface area contributed by atoms with Crippen molar-refractivity contribution in [3.8, 4) is 0 Å². The minimum atomic E-state index is -0.0351. The van der Waals surface area contributed by atoms with Crippen LogP contribution in [-0.4, -0.2) is 10.2 Å². The molecule has 0 aliphatic carbocycles. The van der Waals surface area contributed by atoms with E-state index in [-0.39, 0.29) is 5.91 Å². The van der Waals surface area contributed by atoms with Gasteiger partial charge in [0.1, 0.15) is 0 Å². The summed E-state index contributed by atoms with van der Waals surface area (Å²) < 4.78 is 0.594. The lowest BCUT2D eigenvalue weighted by Crippen LogP contribution is -2.28. The Morgan fingerprint density at radius 3 is 2.71 bits per heavy atom. The predicted molar refractivity (Wildman–Crippen MR) is 95.9 cm³/mol. The second-order valence-electron chi connectivity index (χ2n) is 4.75. The standard InChI is InChI=1S/C16H13NOS3/c1-10-5-3-7-13(11(10)2)17-15(18)14(21-16(17)19)9-12-6-4-8-20-12/h3-9H,1-2H3/b14-9-. The fourth-order valence-electron chi connectivity index (χ4n) is 2.16. The van der Waals surface area contributed by atoms with Crippen molar-refractivity contribution in [3.63, 3.8) is 0 Å². The number of carbonyl (C=O) groups is 1. The van der Waals surface area contributed by atoms with Crippen LogP contribution in [0.25, 0.3) is 6.08 Å². The highest BCUT2D eigenvalue weighted by Gasteiger charge is 2.34. The molecule has 3 rings (SSSR count). The van der Waals surface area contributed by atoms with Gasteiger partial charge in [-0.25, -0.2) is 0 Å². The zero-order chi connectivity index (χ0) is 15.0. The van der Waals surface area contributed by atoms with E-state index in [1.165, 1.54) is 11.8 Å². The third kappa shape index (κ3) is 2.69. The summed E-state index contributed by atoms with van der Waals surface area (Å²) in [6.45, 7) is 4.06. The van der Waals surface area contributed by atoms with Crippen LogP contribution in [-0.2, 0) is 4.79 Å². The molecular weight excluding hydrogens is 318 g/mol. The Morgan fingerprint density at radius 1 is 1.19 bits per heavy atom. The molecule has 0 saturated carbocycles. The summed E-state index contributed by atoms with van der Waals surface area (Å²) in [6.07, 6.45) is 1.91. The predicted octanol–water partition coefficient (Wildman–Crippen LogP) is 4.77. The van der Waals surface area contributed by atoms with Crippen molar-refractivity contribution in [1.82, 2.24) is 0 Å². The highest BCUT2D eigenvalue weighted by molar-refractivity contribution is 8.27. The average molecular weight is 331 g/mol. The smallest absolute Gasteiger partial charge is 0.268 e. The fourth-order valence-corrected chi connectivity index (χ4v) is 4.16. The van der Waals surface area contributed by atoms with Crippen LogP contribution in [0.3, 0.4) is 0 Å². The van der Waals surface area contributed by atoms with Gasteiger partial charge in [-0.05, 0) is 48.6 Å². The van der Waals surface area contributed by atoms with Gasteiger partial charge < -0.3 is 0 Å². The molecule has 0 radical (unpaired) electrons. The molecule has 21 heavy (non-hydrogen) atoms. The number of aryl methyl sites for hydroxylation is 1. The first-order valence-electron chi connectivity index (χ1n) is 6.45. The molecule has 1 aromatic carbocycles. The molecule has 1 aliphatic rings. The van der Waals surface area contributed by atoms with Gasteiger partial charge in [0.2, 0.25) is 0 Å². The van der Waals surface area contributed by atoms with E-state index in [0.717, 1.165) is 21.7 Å². The molecule has 0 N–H and O–H groups in total. The number of rotatable bonds is 2. The van der Waals surface area contributed by atoms with E-state index in [4.69, 9.17) is 12.2 Å². The third-order valence-corrected chi connectivity index (χ3v) is 5.55. The number of amides is 1. The lowest BCUT2D eigenvalue weighted by molar-refractivity contribution is -0.113. The molecule has 5 heteroatoms. The van der Waals surface area contributed by atoms with E-state index in [1.54, 1.807) is 16.2 Å². The van der Waals surface area contributed by atoms with E-state index in [9.17, 15) is 4.79 Å². The van der Waals surface area contributed by atoms with Crippen LogP contribution in [0.4, 0.5) is 5.69 Å². The second-order valence-corrected chi connectivity index (χ2v) is 7.41. The van der Waals surface area contributed by atoms with E-state index < -0.39 is 0 Å². The highest BCUT2D eigenvalue weighted by Crippen LogP contribution is 2.38. The Bertz CT molecular complexity index is 747. The lowest BCUT2D eigenvalue weighted by Gasteiger charge is -2.18. The van der Waals surface area contributed by atoms with Crippen molar-refractivity contribution in [2.24, 2.45) is 0 Å². The second kappa shape index (κ2) is 5.75. The normalized spacial score (nSPS) is 17.0. The van der Waals surface area contributed by atoms with Gasteiger partial charge in [0.15, 0.2) is 4.32 Å². The van der Waals surface area contributed by atoms with Gasteiger partial charge in [0.25, 0.3) is 5.91 Å². The third-order valence-electron chi connectivity index (χ3n) is 3.43. The zero-order valence-corrected chi connectivity index (χ0v) is 14.1. The molecule has 0 spiro atoms. The number of thiophene rings is 1.